The van der Waals surface area contributed by atoms with Crippen LogP contribution in [0.3, 0.4) is 0 Å². The highest BCUT2D eigenvalue weighted by Gasteiger charge is 2.34. The molecule has 2 aromatic heterocycles. The number of carboxylic acids is 1. The molecule has 0 bridgehead atoms. The maximum absolute atomic E-state index is 13.0. The molecule has 1 aliphatic heterocycles. The number of anilines is 1. The maximum atomic E-state index is 13.0. The Morgan fingerprint density at radius 2 is 1.97 bits per heavy atom. The van der Waals surface area contributed by atoms with Crippen molar-refractivity contribution in [3.8, 4) is 5.75 Å². The number of rotatable bonds is 2. The molecule has 4 rings (SSSR count). The summed E-state index contributed by atoms with van der Waals surface area (Å²) in [5.74, 6) is -2.23. The lowest BCUT2D eigenvalue weighted by molar-refractivity contribution is -0.141. The Bertz CT molecular complexity index is 1200. The highest BCUT2D eigenvalue weighted by Crippen LogP contribution is 2.39. The van der Waals surface area contributed by atoms with Crippen LogP contribution in [-0.4, -0.2) is 39.3 Å². The lowest BCUT2D eigenvalue weighted by Gasteiger charge is -2.35. The molecule has 0 aliphatic carbocycles. The van der Waals surface area contributed by atoms with Crippen LogP contribution in [0.2, 0.25) is 0 Å². The summed E-state index contributed by atoms with van der Waals surface area (Å²) in [5, 5.41) is 20.0. The number of aromatic hydroxyl groups is 1. The van der Waals surface area contributed by atoms with Crippen molar-refractivity contribution in [2.24, 2.45) is 0 Å². The Kier molecular flexibility index (Phi) is 4.03. The summed E-state index contributed by atoms with van der Waals surface area (Å²) in [4.78, 5) is 29.8. The van der Waals surface area contributed by atoms with E-state index in [-0.39, 0.29) is 11.9 Å². The third kappa shape index (κ3) is 2.79. The number of carbonyl (C=O) groups is 1. The second-order valence-electron chi connectivity index (χ2n) is 6.75. The van der Waals surface area contributed by atoms with Gasteiger partial charge in [0.2, 0.25) is 0 Å². The van der Waals surface area contributed by atoms with E-state index >= 15 is 0 Å². The van der Waals surface area contributed by atoms with Crippen molar-refractivity contribution in [2.45, 2.75) is 12.2 Å². The zero-order valence-electron chi connectivity index (χ0n) is 14.9. The number of para-hydroxylation sites is 1. The predicted molar refractivity (Wildman–Crippen MR) is 97.5 cm³/mol. The van der Waals surface area contributed by atoms with Gasteiger partial charge in [0.25, 0.3) is 5.56 Å². The Hall–Kier alpha value is -3.56. The van der Waals surface area contributed by atoms with E-state index in [4.69, 9.17) is 0 Å². The van der Waals surface area contributed by atoms with Crippen LogP contribution >= 0.6 is 0 Å². The number of alkyl halides is 3. The summed E-state index contributed by atoms with van der Waals surface area (Å²) >= 11 is 0. The first kappa shape index (κ1) is 18.8. The van der Waals surface area contributed by atoms with Gasteiger partial charge in [0, 0.05) is 25.2 Å². The van der Waals surface area contributed by atoms with Gasteiger partial charge < -0.3 is 15.1 Å². The molecule has 10 heteroatoms. The highest BCUT2D eigenvalue weighted by atomic mass is 19.4. The standard InChI is InChI=1S/C19H14F3N3O4/c1-24-8-12(9-5-6-13(23-7-9)19(20,21)22)25-15-10(3-2-4-11(15)24)16(26)14(17(25)27)18(28)29/h2-7,12,26H,8H2,1H3,(H,28,29). The van der Waals surface area contributed by atoms with Crippen molar-refractivity contribution in [3.63, 3.8) is 0 Å². The van der Waals surface area contributed by atoms with Gasteiger partial charge in [-0.25, -0.2) is 4.79 Å². The van der Waals surface area contributed by atoms with Crippen LogP contribution < -0.4 is 10.5 Å². The van der Waals surface area contributed by atoms with Crippen LogP contribution in [0.5, 0.6) is 5.75 Å². The number of pyridine rings is 2. The Labute approximate surface area is 161 Å². The molecule has 29 heavy (non-hydrogen) atoms. The SMILES string of the molecule is CN1CC(c2ccc(C(F)(F)F)nc2)n2c(=O)c(C(=O)O)c(O)c3cccc1c32. The van der Waals surface area contributed by atoms with Crippen LogP contribution in [-0.2, 0) is 6.18 Å². The molecule has 0 saturated heterocycles. The lowest BCUT2D eigenvalue weighted by Crippen LogP contribution is -2.40. The zero-order valence-corrected chi connectivity index (χ0v) is 14.9. The minimum Gasteiger partial charge on any atom is -0.506 e. The van der Waals surface area contributed by atoms with Gasteiger partial charge in [0.1, 0.15) is 11.4 Å². The van der Waals surface area contributed by atoms with Gasteiger partial charge in [0.15, 0.2) is 5.56 Å². The fourth-order valence-corrected chi connectivity index (χ4v) is 3.70. The first-order valence-corrected chi connectivity index (χ1v) is 8.49. The number of likely N-dealkylation sites (N-methyl/N-ethyl adjacent to an activating group) is 1. The molecule has 0 radical (unpaired) electrons. The van der Waals surface area contributed by atoms with Crippen LogP contribution in [0, 0.1) is 0 Å². The molecule has 3 heterocycles. The minimum absolute atomic E-state index is 0.163. The summed E-state index contributed by atoms with van der Waals surface area (Å²) in [6.45, 7) is 0.197. The number of benzene rings is 1. The fraction of sp³-hybridized carbons (Fsp3) is 0.211. The molecular weight excluding hydrogens is 391 g/mol. The second kappa shape index (κ2) is 6.23. The topological polar surface area (TPSA) is 95.7 Å². The van der Waals surface area contributed by atoms with Gasteiger partial charge >= 0.3 is 12.1 Å². The number of hydrogen-bond acceptors (Lipinski definition) is 5. The Balaban J connectivity index is 2.02. The normalized spacial score (nSPS) is 16.3. The van der Waals surface area contributed by atoms with E-state index in [1.54, 1.807) is 24.1 Å². The average molecular weight is 405 g/mol. The molecule has 1 unspecified atom stereocenters. The molecule has 1 aliphatic rings. The quantitative estimate of drug-likeness (QED) is 0.681. The summed E-state index contributed by atoms with van der Waals surface area (Å²) in [7, 11) is 1.73. The van der Waals surface area contributed by atoms with E-state index in [0.29, 0.717) is 16.8 Å². The molecular formula is C19H14F3N3O4. The molecule has 0 spiro atoms. The zero-order chi connectivity index (χ0) is 21.1. The summed E-state index contributed by atoms with van der Waals surface area (Å²) in [5.41, 5.74) is -1.59. The third-order valence-electron chi connectivity index (χ3n) is 5.03. The lowest BCUT2D eigenvalue weighted by atomic mass is 10.00. The summed E-state index contributed by atoms with van der Waals surface area (Å²) in [6.07, 6.45) is -3.57. The largest absolute Gasteiger partial charge is 0.506 e. The monoisotopic (exact) mass is 405 g/mol. The van der Waals surface area contributed by atoms with E-state index < -0.39 is 40.8 Å². The minimum atomic E-state index is -4.60. The Morgan fingerprint density at radius 1 is 1.24 bits per heavy atom. The first-order chi connectivity index (χ1) is 13.6. The molecule has 0 amide bonds. The molecule has 0 saturated carbocycles. The van der Waals surface area contributed by atoms with Gasteiger partial charge in [-0.1, -0.05) is 12.1 Å². The van der Waals surface area contributed by atoms with E-state index in [0.717, 1.165) is 12.3 Å². The fourth-order valence-electron chi connectivity index (χ4n) is 3.70. The molecule has 3 aromatic rings. The number of nitrogens with zero attached hydrogens (tertiary/aromatic N) is 3. The van der Waals surface area contributed by atoms with Crippen molar-refractivity contribution >= 4 is 22.6 Å². The second-order valence-corrected chi connectivity index (χ2v) is 6.75. The molecule has 150 valence electrons. The van der Waals surface area contributed by atoms with Crippen molar-refractivity contribution in [1.29, 1.82) is 0 Å². The third-order valence-corrected chi connectivity index (χ3v) is 5.03. The molecule has 1 atom stereocenters. The summed E-state index contributed by atoms with van der Waals surface area (Å²) < 4.78 is 39.7. The van der Waals surface area contributed by atoms with Gasteiger partial charge in [-0.3, -0.25) is 14.3 Å². The number of carboxylic acid groups (broad SMARTS) is 1. The van der Waals surface area contributed by atoms with Crippen molar-refractivity contribution in [1.82, 2.24) is 9.55 Å². The van der Waals surface area contributed by atoms with Crippen LogP contribution in [0.15, 0.2) is 41.3 Å². The van der Waals surface area contributed by atoms with Gasteiger partial charge in [-0.15, -0.1) is 0 Å². The average Bonchev–Trinajstić information content (AvgIpc) is 2.66. The van der Waals surface area contributed by atoms with Crippen molar-refractivity contribution in [3.05, 3.63) is 63.7 Å². The van der Waals surface area contributed by atoms with Crippen molar-refractivity contribution in [2.75, 3.05) is 18.5 Å². The van der Waals surface area contributed by atoms with Gasteiger partial charge in [-0.05, 0) is 23.8 Å². The van der Waals surface area contributed by atoms with Crippen molar-refractivity contribution < 1.29 is 28.2 Å². The smallest absolute Gasteiger partial charge is 0.433 e. The highest BCUT2D eigenvalue weighted by molar-refractivity contribution is 6.03. The number of halogens is 3. The predicted octanol–water partition coefficient (Wildman–Crippen LogP) is 2.86. The Morgan fingerprint density at radius 3 is 2.55 bits per heavy atom. The molecule has 2 N–H and O–H groups in total. The van der Waals surface area contributed by atoms with Gasteiger partial charge in [-0.2, -0.15) is 13.2 Å². The van der Waals surface area contributed by atoms with E-state index in [9.17, 15) is 33.0 Å². The first-order valence-electron chi connectivity index (χ1n) is 8.49. The molecule has 7 nitrogen and oxygen atoms in total. The molecule has 1 aromatic carbocycles. The van der Waals surface area contributed by atoms with Crippen LogP contribution in [0.1, 0.15) is 27.7 Å². The van der Waals surface area contributed by atoms with Crippen LogP contribution in [0.4, 0.5) is 18.9 Å². The van der Waals surface area contributed by atoms with Gasteiger partial charge in [0.05, 0.1) is 17.2 Å². The van der Waals surface area contributed by atoms with E-state index in [1.807, 2.05) is 0 Å². The number of aromatic nitrogens is 2. The molecule has 0 fully saturated rings. The van der Waals surface area contributed by atoms with E-state index in [2.05, 4.69) is 4.98 Å². The van der Waals surface area contributed by atoms with E-state index in [1.165, 1.54) is 16.7 Å². The summed E-state index contributed by atoms with van der Waals surface area (Å²) in [6, 6.07) is 6.05. The maximum Gasteiger partial charge on any atom is 0.433 e. The number of hydrogen-bond donors (Lipinski definition) is 2. The number of aromatic carboxylic acids is 1. The van der Waals surface area contributed by atoms with Crippen LogP contribution in [0.25, 0.3) is 10.9 Å².